The van der Waals surface area contributed by atoms with Gasteiger partial charge in [-0.2, -0.15) is 4.99 Å². The van der Waals surface area contributed by atoms with E-state index in [1.165, 1.54) is 35.9 Å². The molecule has 68 heavy (non-hydrogen) atoms. The molecule has 0 bridgehead atoms. The third kappa shape index (κ3) is 12.9. The second kappa shape index (κ2) is 20.7. The van der Waals surface area contributed by atoms with Gasteiger partial charge in [-0.1, -0.05) is 11.6 Å². The molecular weight excluding hydrogens is 1000 g/mol. The van der Waals surface area contributed by atoms with Crippen molar-refractivity contribution in [3.63, 3.8) is 0 Å². The predicted octanol–water partition coefficient (Wildman–Crippen LogP) is -2.65. The van der Waals surface area contributed by atoms with Crippen LogP contribution in [0.3, 0.4) is 0 Å². The van der Waals surface area contributed by atoms with Crippen molar-refractivity contribution in [3.05, 3.63) is 35.3 Å². The Morgan fingerprint density at radius 3 is 2.01 bits per heavy atom. The number of fused-ring (bicyclic) bond motifs is 2. The van der Waals surface area contributed by atoms with Crippen molar-refractivity contribution in [2.75, 3.05) is 52.5 Å². The molecule has 2 saturated heterocycles. The minimum Gasteiger partial charge on any atom is -0.387 e. The van der Waals surface area contributed by atoms with Crippen LogP contribution < -0.4 is 26.9 Å². The number of hydrogen-bond acceptors (Lipinski definition) is 23. The number of nitrogens with zero attached hydrogens (tertiary/aromatic N) is 6. The number of phosphoric acid groups is 4. The molecule has 2 fully saturated rings. The number of imidazole rings is 2. The zero-order valence-corrected chi connectivity index (χ0v) is 39.7. The standard InChI is InChI=1S/C31H50N10O23P4/c1-14(2)62-22-17(64-28(23(22)55-5)40-12-34-18-15(3)35-29(32)36-24(18)40)7-57-68(53,54)61-11-31(8-58-65(45,46)47,9-59-66(48,49)50)10-60-67(51,52)56-6-16-20(42)21(43)27(63-16)41-13-39(4)19-25(41)37-30(33)38-26(19)44/h12-14,16-17,20-23,27-28,42-43H,3,6-11H2,1-2,4-5H3,(H11-,32,33,35,36,37,38,44,45,46,47,48,49,50,51,52,53,54)/p+1/t16-,17-,20-,21-,22-,23-,27-,28-/m1/s1. The van der Waals surface area contributed by atoms with Crippen LogP contribution in [-0.4, -0.2) is 159 Å². The summed E-state index contributed by atoms with van der Waals surface area (Å²) in [4.78, 5) is 87.1. The fraction of sp³-hybridized carbons (Fsp3) is 0.645. The van der Waals surface area contributed by atoms with Crippen molar-refractivity contribution < 1.29 is 108 Å². The summed E-state index contributed by atoms with van der Waals surface area (Å²) in [6, 6.07) is 0. The van der Waals surface area contributed by atoms with E-state index < -0.39 is 137 Å². The van der Waals surface area contributed by atoms with Crippen LogP contribution >= 0.6 is 31.3 Å². The molecule has 0 radical (unpaired) electrons. The molecule has 10 atom stereocenters. The molecule has 33 nitrogen and oxygen atoms in total. The Labute approximate surface area is 383 Å². The maximum absolute atomic E-state index is 13.5. The first-order chi connectivity index (χ1) is 31.5. The second-order valence-electron chi connectivity index (χ2n) is 15.7. The van der Waals surface area contributed by atoms with Crippen LogP contribution in [0.5, 0.6) is 0 Å². The number of anilines is 1. The highest BCUT2D eigenvalue weighted by molar-refractivity contribution is 7.47. The number of aliphatic hydroxyl groups is 2. The van der Waals surface area contributed by atoms with Gasteiger partial charge in [0.05, 0.1) is 70.2 Å². The number of aliphatic imine (C=N–C) groups is 1. The van der Waals surface area contributed by atoms with Crippen LogP contribution in [0.25, 0.3) is 16.9 Å². The topological polar surface area (TPSA) is 471 Å². The number of guanidine groups is 1. The van der Waals surface area contributed by atoms with Crippen molar-refractivity contribution >= 4 is 65.9 Å². The lowest BCUT2D eigenvalue weighted by Gasteiger charge is -2.33. The van der Waals surface area contributed by atoms with Crippen LogP contribution in [0.1, 0.15) is 32.0 Å². The minimum atomic E-state index is -5.50. The summed E-state index contributed by atoms with van der Waals surface area (Å²) in [6.45, 7) is -0.148. The number of hydrogen-bond donors (Lipinski definition) is 12. The minimum absolute atomic E-state index is 0.00178. The third-order valence-electron chi connectivity index (χ3n) is 10.2. The van der Waals surface area contributed by atoms with E-state index >= 15 is 0 Å². The average molecular weight is 1060 g/mol. The van der Waals surface area contributed by atoms with Gasteiger partial charge in [-0.05, 0) is 13.8 Å². The number of aryl methyl sites for hydroxylation is 1. The first-order valence-corrected chi connectivity index (χ1v) is 25.7. The SMILES string of the molecule is C=C1NC(N)=Nc2c1ncn2[C@@H]1O[C@H](COP(=O)(O)OCC(COP(=O)(O)O)(COP(=O)(O)O)COP(=O)(O)OC[C@H]2O[C@@H]([n+]3cn(C)c4c(=O)[nH]c(N)nc43)[C@H](O)[C@@H]2O)[C@@H](OC(C)C)[C@H]1OC. The van der Waals surface area contributed by atoms with Crippen molar-refractivity contribution in [1.82, 2.24) is 29.4 Å². The maximum Gasteiger partial charge on any atom is 0.472 e. The van der Waals surface area contributed by atoms with Gasteiger partial charge in [0.25, 0.3) is 11.5 Å². The van der Waals surface area contributed by atoms with Crippen LogP contribution in [0, 0.1) is 5.41 Å². The molecule has 2 unspecified atom stereocenters. The zero-order valence-electron chi connectivity index (χ0n) is 36.1. The molecule has 382 valence electrons. The summed E-state index contributed by atoms with van der Waals surface area (Å²) in [5.74, 6) is -0.0746. The molecule has 3 aromatic rings. The Bertz CT molecular complexity index is 2590. The van der Waals surface area contributed by atoms with Gasteiger partial charge in [0.15, 0.2) is 24.3 Å². The molecule has 3 aliphatic rings. The van der Waals surface area contributed by atoms with Crippen molar-refractivity contribution in [2.45, 2.75) is 69.0 Å². The van der Waals surface area contributed by atoms with E-state index in [0.717, 1.165) is 4.57 Å². The molecule has 37 heteroatoms. The molecule has 3 aliphatic heterocycles. The third-order valence-corrected chi connectivity index (χ3v) is 13.0. The zero-order chi connectivity index (χ0) is 50.3. The van der Waals surface area contributed by atoms with Gasteiger partial charge >= 0.3 is 36.9 Å². The van der Waals surface area contributed by atoms with Gasteiger partial charge in [0.2, 0.25) is 11.7 Å². The largest absolute Gasteiger partial charge is 0.472 e. The average Bonchev–Trinajstić information content (AvgIpc) is 3.97. The monoisotopic (exact) mass is 1060 g/mol. The van der Waals surface area contributed by atoms with Crippen LogP contribution in [0.15, 0.2) is 29.0 Å². The number of H-pyrrole nitrogens is 1. The highest BCUT2D eigenvalue weighted by Crippen LogP contribution is 2.51. The van der Waals surface area contributed by atoms with E-state index in [-0.39, 0.29) is 28.9 Å². The molecule has 0 amide bonds. The molecule has 14 N–H and O–H groups in total. The van der Waals surface area contributed by atoms with Crippen molar-refractivity contribution in [3.8, 4) is 0 Å². The summed E-state index contributed by atoms with van der Waals surface area (Å²) in [5, 5.41) is 24.4. The summed E-state index contributed by atoms with van der Waals surface area (Å²) >= 11 is 0. The van der Waals surface area contributed by atoms with Crippen LogP contribution in [0.2, 0.25) is 0 Å². The van der Waals surface area contributed by atoms with Gasteiger partial charge in [0, 0.05) is 7.11 Å². The van der Waals surface area contributed by atoms with E-state index in [0.29, 0.717) is 11.4 Å². The number of nitrogens with two attached hydrogens (primary N) is 2. The van der Waals surface area contributed by atoms with Gasteiger partial charge in [-0.3, -0.25) is 46.1 Å². The van der Waals surface area contributed by atoms with E-state index in [1.807, 2.05) is 0 Å². The van der Waals surface area contributed by atoms with Crippen LogP contribution in [0.4, 0.5) is 11.8 Å². The first-order valence-electron chi connectivity index (χ1n) is 19.6. The lowest BCUT2D eigenvalue weighted by molar-refractivity contribution is -0.745. The molecule has 0 spiro atoms. The van der Waals surface area contributed by atoms with Crippen LogP contribution in [-0.2, 0) is 71.4 Å². The number of ether oxygens (including phenoxy) is 4. The number of nitrogens with one attached hydrogen (secondary N) is 2. The number of aromatic amines is 1. The Morgan fingerprint density at radius 1 is 0.882 bits per heavy atom. The first kappa shape index (κ1) is 53.9. The van der Waals surface area contributed by atoms with Crippen molar-refractivity contribution in [2.24, 2.45) is 23.2 Å². The van der Waals surface area contributed by atoms with E-state index in [9.17, 15) is 62.6 Å². The fourth-order valence-electron chi connectivity index (χ4n) is 7.11. The number of aromatic nitrogens is 6. The van der Waals surface area contributed by atoms with Gasteiger partial charge in [-0.15, -0.1) is 0 Å². The number of methoxy groups -OCH3 is 1. The highest BCUT2D eigenvalue weighted by Gasteiger charge is 2.51. The Kier molecular flexibility index (Phi) is 16.4. The molecule has 0 aromatic carbocycles. The lowest BCUT2D eigenvalue weighted by Crippen LogP contribution is -2.46. The van der Waals surface area contributed by atoms with E-state index in [2.05, 4.69) is 40.9 Å². The number of nitrogen functional groups attached to an aromatic ring is 1. The van der Waals surface area contributed by atoms with Gasteiger partial charge in [0.1, 0.15) is 42.3 Å². The number of aliphatic hydroxyl groups excluding tert-OH is 2. The number of rotatable bonds is 23. The number of phosphoric ester groups is 4. The lowest BCUT2D eigenvalue weighted by atomic mass is 9.93. The molecule has 3 aromatic heterocycles. The van der Waals surface area contributed by atoms with Gasteiger partial charge in [-0.25, -0.2) is 27.8 Å². The van der Waals surface area contributed by atoms with Gasteiger partial charge < -0.3 is 75.3 Å². The Hall–Kier alpha value is -3.43. The summed E-state index contributed by atoms with van der Waals surface area (Å²) in [7, 11) is -19.1. The van der Waals surface area contributed by atoms with Crippen molar-refractivity contribution in [1.29, 1.82) is 0 Å². The highest BCUT2D eigenvalue weighted by atomic mass is 31.2. The molecule has 0 saturated carbocycles. The summed E-state index contributed by atoms with van der Waals surface area (Å²) < 4.78 is 107. The summed E-state index contributed by atoms with van der Waals surface area (Å²) in [5.41, 5.74) is 8.93. The molecular formula is C31H51N10O23P4+. The Balaban J connectivity index is 1.16. The molecule has 6 rings (SSSR count). The second-order valence-corrected chi connectivity index (χ2v) is 21.1. The molecule has 0 aliphatic carbocycles. The van der Waals surface area contributed by atoms with E-state index in [4.69, 9.17) is 48.5 Å². The Morgan fingerprint density at radius 2 is 1.46 bits per heavy atom. The smallest absolute Gasteiger partial charge is 0.387 e. The maximum atomic E-state index is 13.5. The summed E-state index contributed by atoms with van der Waals surface area (Å²) in [6.07, 6.45) is -8.71. The quantitative estimate of drug-likeness (QED) is 0.0341. The molecule has 6 heterocycles. The normalized spacial score (nSPS) is 26.5. The predicted molar refractivity (Wildman–Crippen MR) is 224 cm³/mol. The fourth-order valence-corrected chi connectivity index (χ4v) is 9.68. The van der Waals surface area contributed by atoms with E-state index in [1.54, 1.807) is 13.8 Å².